The van der Waals surface area contributed by atoms with Gasteiger partial charge in [0.05, 0.1) is 34.8 Å². The summed E-state index contributed by atoms with van der Waals surface area (Å²) in [5.41, 5.74) is 23.1. The molecule has 54 heavy (non-hydrogen) atoms. The first-order chi connectivity index (χ1) is 25.8. The van der Waals surface area contributed by atoms with Crippen molar-refractivity contribution in [3.8, 4) is 33.9 Å². The summed E-state index contributed by atoms with van der Waals surface area (Å²) in [4.78, 5) is 39.8. The fourth-order valence-corrected chi connectivity index (χ4v) is 5.45. The average molecular weight is 743 g/mol. The lowest BCUT2D eigenvalue weighted by Gasteiger charge is -2.07. The van der Waals surface area contributed by atoms with Gasteiger partial charge >= 0.3 is 5.97 Å². The summed E-state index contributed by atoms with van der Waals surface area (Å²) in [6.45, 7) is 0. The minimum absolute atomic E-state index is 0. The number of pyridine rings is 4. The molecule has 6 heterocycles. The fraction of sp³-hybridized carbons (Fsp3) is 0.0526. The predicted octanol–water partition coefficient (Wildman–Crippen LogP) is 5.18. The SMILES string of the molecule is CN.CNC(=O)c1cccc(-n2ncc3ccc(-c4cncc(N)c4)cc32)n1.Cl.Nc1cncc(-c2ccc3cnn(-c4cccc(C(=O)O)n4)c3c2)c1. The van der Waals surface area contributed by atoms with Gasteiger partial charge in [-0.1, -0.05) is 36.4 Å². The zero-order chi connectivity index (χ0) is 37.5. The molecule has 0 spiro atoms. The number of hydrogen-bond donors (Lipinski definition) is 5. The Labute approximate surface area is 314 Å². The number of nitrogens with one attached hydrogen (secondary N) is 1. The standard InChI is InChI=1S/C19H16N6O.C18H13N5O2.CH5N.ClH/c1-21-19(26)16-3-2-4-18(24-16)25-17-8-12(5-6-13(17)10-23-25)14-7-15(20)11-22-9-14;19-14-6-13(8-20-10-14)11-4-5-12-9-21-23(16(12)7-11)17-3-1-2-15(22-17)18(24)25;1-2;/h2-11H,20H2,1H3,(H,21,26);1-10H,19H2,(H,24,25);2H2,1H3;1H. The van der Waals surface area contributed by atoms with Gasteiger partial charge in [-0.2, -0.15) is 10.2 Å². The molecular weight excluding hydrogens is 708 g/mol. The topological polar surface area (TPSA) is 232 Å². The van der Waals surface area contributed by atoms with Gasteiger partial charge in [-0.3, -0.25) is 14.8 Å². The predicted molar refractivity (Wildman–Crippen MR) is 211 cm³/mol. The highest BCUT2D eigenvalue weighted by molar-refractivity contribution is 5.92. The number of aromatic nitrogens is 8. The zero-order valence-corrected chi connectivity index (χ0v) is 29.8. The summed E-state index contributed by atoms with van der Waals surface area (Å²) in [7, 11) is 3.08. The highest BCUT2D eigenvalue weighted by atomic mass is 35.5. The number of aromatic carboxylic acids is 1. The van der Waals surface area contributed by atoms with Gasteiger partial charge in [0.2, 0.25) is 0 Å². The van der Waals surface area contributed by atoms with E-state index < -0.39 is 5.97 Å². The van der Waals surface area contributed by atoms with E-state index in [2.05, 4.69) is 41.2 Å². The first kappa shape index (κ1) is 38.0. The maximum absolute atomic E-state index is 11.8. The number of carboxylic acids is 1. The number of nitrogen functional groups attached to an aromatic ring is 2. The molecule has 0 unspecified atom stereocenters. The van der Waals surface area contributed by atoms with Crippen LogP contribution < -0.4 is 22.5 Å². The van der Waals surface area contributed by atoms with E-state index in [4.69, 9.17) is 16.6 Å². The van der Waals surface area contributed by atoms with E-state index in [1.807, 2.05) is 54.6 Å². The molecule has 0 aliphatic rings. The molecule has 0 aliphatic heterocycles. The molecule has 8 rings (SSSR count). The van der Waals surface area contributed by atoms with Crippen molar-refractivity contribution in [1.29, 1.82) is 0 Å². The van der Waals surface area contributed by atoms with Gasteiger partial charge in [-0.05, 0) is 66.7 Å². The second-order valence-corrected chi connectivity index (χ2v) is 11.3. The van der Waals surface area contributed by atoms with Crippen LogP contribution in [0.15, 0.2) is 122 Å². The molecular formula is C38H35ClN12O3. The Bertz CT molecular complexity index is 2590. The number of nitrogens with two attached hydrogens (primary N) is 3. The van der Waals surface area contributed by atoms with Crippen molar-refractivity contribution < 1.29 is 14.7 Å². The lowest BCUT2D eigenvalue weighted by molar-refractivity contribution is 0.0690. The zero-order valence-electron chi connectivity index (χ0n) is 29.0. The Morgan fingerprint density at radius 1 is 0.611 bits per heavy atom. The van der Waals surface area contributed by atoms with Crippen LogP contribution in [0.4, 0.5) is 11.4 Å². The minimum atomic E-state index is -1.08. The van der Waals surface area contributed by atoms with Crippen LogP contribution in [0.1, 0.15) is 21.0 Å². The Kier molecular flexibility index (Phi) is 11.9. The molecule has 0 bridgehead atoms. The van der Waals surface area contributed by atoms with Gasteiger partial charge in [0.15, 0.2) is 17.3 Å². The molecule has 0 saturated heterocycles. The summed E-state index contributed by atoms with van der Waals surface area (Å²) < 4.78 is 3.33. The summed E-state index contributed by atoms with van der Waals surface area (Å²) >= 11 is 0. The third-order valence-electron chi connectivity index (χ3n) is 7.91. The number of nitrogens with zero attached hydrogens (tertiary/aromatic N) is 8. The molecule has 1 amide bonds. The number of carbonyl (C=O) groups excluding carboxylic acids is 1. The molecule has 15 nitrogen and oxygen atoms in total. The van der Waals surface area contributed by atoms with Crippen LogP contribution in [0, 0.1) is 0 Å². The largest absolute Gasteiger partial charge is 0.477 e. The summed E-state index contributed by atoms with van der Waals surface area (Å²) in [6, 6.07) is 25.6. The fourth-order valence-electron chi connectivity index (χ4n) is 5.45. The Morgan fingerprint density at radius 2 is 1.07 bits per heavy atom. The van der Waals surface area contributed by atoms with E-state index in [9.17, 15) is 9.59 Å². The molecule has 8 aromatic rings. The van der Waals surface area contributed by atoms with Gasteiger partial charge in [0, 0.05) is 53.7 Å². The number of hydrogen-bond acceptors (Lipinski definition) is 11. The van der Waals surface area contributed by atoms with Gasteiger partial charge in [-0.15, -0.1) is 12.4 Å². The highest BCUT2D eigenvalue weighted by Gasteiger charge is 2.13. The van der Waals surface area contributed by atoms with Crippen molar-refractivity contribution in [3.63, 3.8) is 0 Å². The van der Waals surface area contributed by atoms with Crippen LogP contribution in [0.5, 0.6) is 0 Å². The first-order valence-electron chi connectivity index (χ1n) is 16.1. The van der Waals surface area contributed by atoms with Crippen molar-refractivity contribution in [2.24, 2.45) is 5.73 Å². The number of halogens is 1. The maximum atomic E-state index is 11.8. The van der Waals surface area contributed by atoms with E-state index in [0.29, 0.717) is 28.7 Å². The summed E-state index contributed by atoms with van der Waals surface area (Å²) in [5, 5.41) is 22.4. The van der Waals surface area contributed by atoms with Gasteiger partial charge in [-0.25, -0.2) is 24.1 Å². The lowest BCUT2D eigenvalue weighted by Crippen LogP contribution is -2.19. The summed E-state index contributed by atoms with van der Waals surface area (Å²) in [6.07, 6.45) is 10.2. The van der Waals surface area contributed by atoms with E-state index in [0.717, 1.165) is 44.1 Å². The molecule has 2 aromatic carbocycles. The number of carboxylic acid groups (broad SMARTS) is 1. The average Bonchev–Trinajstić information content (AvgIpc) is 3.83. The van der Waals surface area contributed by atoms with Crippen LogP contribution in [0.2, 0.25) is 0 Å². The first-order valence-corrected chi connectivity index (χ1v) is 16.1. The van der Waals surface area contributed by atoms with E-state index in [-0.39, 0.29) is 24.0 Å². The Hall–Kier alpha value is -7.23. The Morgan fingerprint density at radius 3 is 1.52 bits per heavy atom. The van der Waals surface area contributed by atoms with Gasteiger partial charge in [0.25, 0.3) is 5.91 Å². The molecule has 272 valence electrons. The molecule has 0 aliphatic carbocycles. The molecule has 0 saturated carbocycles. The van der Waals surface area contributed by atoms with E-state index in [1.165, 1.54) is 13.1 Å². The van der Waals surface area contributed by atoms with Crippen LogP contribution in [-0.2, 0) is 0 Å². The van der Waals surface area contributed by atoms with E-state index in [1.54, 1.807) is 77.9 Å². The van der Waals surface area contributed by atoms with E-state index >= 15 is 0 Å². The molecule has 0 fully saturated rings. The number of rotatable bonds is 6. The third-order valence-corrected chi connectivity index (χ3v) is 7.91. The highest BCUT2D eigenvalue weighted by Crippen LogP contribution is 2.28. The maximum Gasteiger partial charge on any atom is 0.354 e. The van der Waals surface area contributed by atoms with Crippen molar-refractivity contribution in [2.45, 2.75) is 0 Å². The molecule has 16 heteroatoms. The second kappa shape index (κ2) is 16.9. The number of benzene rings is 2. The van der Waals surface area contributed by atoms with Gasteiger partial charge < -0.3 is 27.6 Å². The quantitative estimate of drug-likeness (QED) is 0.148. The molecule has 0 atom stereocenters. The number of amides is 1. The monoisotopic (exact) mass is 742 g/mol. The minimum Gasteiger partial charge on any atom is -0.477 e. The Balaban J connectivity index is 0.000000195. The molecule has 0 radical (unpaired) electrons. The molecule has 8 N–H and O–H groups in total. The third kappa shape index (κ3) is 8.12. The number of carbonyl (C=O) groups is 2. The summed E-state index contributed by atoms with van der Waals surface area (Å²) in [5.74, 6) is -0.304. The van der Waals surface area contributed by atoms with Crippen LogP contribution in [0.3, 0.4) is 0 Å². The van der Waals surface area contributed by atoms with Crippen molar-refractivity contribution >= 4 is 57.5 Å². The molecule has 6 aromatic heterocycles. The van der Waals surface area contributed by atoms with Gasteiger partial charge in [0.1, 0.15) is 5.69 Å². The van der Waals surface area contributed by atoms with Crippen LogP contribution in [-0.4, -0.2) is 70.6 Å². The number of fused-ring (bicyclic) bond motifs is 2. The van der Waals surface area contributed by atoms with Crippen LogP contribution >= 0.6 is 12.4 Å². The van der Waals surface area contributed by atoms with Crippen molar-refractivity contribution in [1.82, 2.24) is 44.8 Å². The smallest absolute Gasteiger partial charge is 0.354 e. The van der Waals surface area contributed by atoms with Crippen LogP contribution in [0.25, 0.3) is 55.7 Å². The normalized spacial score (nSPS) is 10.4. The van der Waals surface area contributed by atoms with Crippen molar-refractivity contribution in [2.75, 3.05) is 25.6 Å². The second-order valence-electron chi connectivity index (χ2n) is 11.3. The van der Waals surface area contributed by atoms with Crippen molar-refractivity contribution in [3.05, 3.63) is 133 Å². The lowest BCUT2D eigenvalue weighted by atomic mass is 10.1. The number of anilines is 2.